The number of carbonyl (C=O) groups is 1. The van der Waals surface area contributed by atoms with Gasteiger partial charge in [-0.3, -0.25) is 4.79 Å². The van der Waals surface area contributed by atoms with Crippen molar-refractivity contribution in [3.05, 3.63) is 29.6 Å². The largest absolute Gasteiger partial charge is 0.481 e. The third-order valence-electron chi connectivity index (χ3n) is 3.33. The van der Waals surface area contributed by atoms with Crippen molar-refractivity contribution in [3.8, 4) is 6.07 Å². The number of carboxylic acid groups (broad SMARTS) is 1. The highest BCUT2D eigenvalue weighted by molar-refractivity contribution is 7.91. The number of rotatable bonds is 3. The molecule has 0 radical (unpaired) electrons. The van der Waals surface area contributed by atoms with Crippen LogP contribution in [0.3, 0.4) is 0 Å². The van der Waals surface area contributed by atoms with Gasteiger partial charge in [0.1, 0.15) is 11.9 Å². The minimum absolute atomic E-state index is 0.0599. The van der Waals surface area contributed by atoms with E-state index >= 15 is 0 Å². The molecule has 0 aromatic heterocycles. The molecule has 1 aliphatic heterocycles. The molecule has 1 N–H and O–H groups in total. The van der Waals surface area contributed by atoms with Gasteiger partial charge in [-0.2, -0.15) is 5.26 Å². The lowest BCUT2D eigenvalue weighted by molar-refractivity contribution is -0.137. The van der Waals surface area contributed by atoms with Crippen molar-refractivity contribution in [2.24, 2.45) is 0 Å². The first kappa shape index (κ1) is 15.3. The Hall–Kier alpha value is -2.14. The van der Waals surface area contributed by atoms with Gasteiger partial charge in [-0.1, -0.05) is 0 Å². The van der Waals surface area contributed by atoms with Gasteiger partial charge in [-0.15, -0.1) is 0 Å². The van der Waals surface area contributed by atoms with Crippen LogP contribution in [0.4, 0.5) is 10.1 Å². The fourth-order valence-electron chi connectivity index (χ4n) is 2.42. The maximum Gasteiger partial charge on any atom is 0.305 e. The molecule has 0 amide bonds. The average Bonchev–Trinajstić information content (AvgIpc) is 2.38. The second kappa shape index (κ2) is 5.69. The summed E-state index contributed by atoms with van der Waals surface area (Å²) in [5.41, 5.74) is 0.421. The van der Waals surface area contributed by atoms with Crippen molar-refractivity contribution in [2.45, 2.75) is 12.5 Å². The Morgan fingerprint density at radius 2 is 2.24 bits per heavy atom. The zero-order valence-corrected chi connectivity index (χ0v) is 11.8. The number of anilines is 1. The highest BCUT2D eigenvalue weighted by atomic mass is 32.2. The standard InChI is InChI=1S/C13H13FN2O4S/c14-10-1-2-12(9(5-10)7-15)16-3-4-21(19,20)8-11(16)6-13(17)18/h1-2,5,11H,3-4,6,8H2,(H,17,18). The fourth-order valence-corrected chi connectivity index (χ4v) is 3.95. The molecular formula is C13H13FN2O4S. The summed E-state index contributed by atoms with van der Waals surface area (Å²) in [6, 6.07) is 4.68. The number of nitrogens with zero attached hydrogens (tertiary/aromatic N) is 2. The molecule has 21 heavy (non-hydrogen) atoms. The summed E-state index contributed by atoms with van der Waals surface area (Å²) >= 11 is 0. The normalized spacial score (nSPS) is 20.8. The van der Waals surface area contributed by atoms with Gasteiger partial charge in [-0.05, 0) is 18.2 Å². The van der Waals surface area contributed by atoms with Crippen molar-refractivity contribution < 1.29 is 22.7 Å². The first-order chi connectivity index (χ1) is 9.82. The molecule has 1 aliphatic rings. The van der Waals surface area contributed by atoms with E-state index in [-0.39, 0.29) is 30.0 Å². The Morgan fingerprint density at radius 1 is 1.52 bits per heavy atom. The summed E-state index contributed by atoms with van der Waals surface area (Å²) in [6.45, 7) is 0.0839. The third-order valence-corrected chi connectivity index (χ3v) is 5.03. The van der Waals surface area contributed by atoms with Gasteiger partial charge >= 0.3 is 5.97 Å². The molecule has 6 nitrogen and oxygen atoms in total. The van der Waals surface area contributed by atoms with Crippen molar-refractivity contribution in [1.29, 1.82) is 5.26 Å². The second-order valence-electron chi connectivity index (χ2n) is 4.83. The van der Waals surface area contributed by atoms with Crippen LogP contribution < -0.4 is 4.90 Å². The lowest BCUT2D eigenvalue weighted by Gasteiger charge is -2.37. The van der Waals surface area contributed by atoms with Gasteiger partial charge in [0, 0.05) is 6.54 Å². The monoisotopic (exact) mass is 312 g/mol. The molecular weight excluding hydrogens is 299 g/mol. The SMILES string of the molecule is N#Cc1cc(F)ccc1N1CCS(=O)(=O)CC1CC(=O)O. The number of hydrogen-bond acceptors (Lipinski definition) is 5. The Labute approximate surface area is 121 Å². The molecule has 1 fully saturated rings. The van der Waals surface area contributed by atoms with E-state index in [1.54, 1.807) is 4.90 Å². The lowest BCUT2D eigenvalue weighted by Crippen LogP contribution is -2.49. The zero-order valence-electron chi connectivity index (χ0n) is 11.0. The number of halogens is 1. The predicted octanol–water partition coefficient (Wildman–Crippen LogP) is 0.775. The number of hydrogen-bond donors (Lipinski definition) is 1. The quantitative estimate of drug-likeness (QED) is 0.885. The maximum atomic E-state index is 13.2. The zero-order chi connectivity index (χ0) is 15.6. The van der Waals surface area contributed by atoms with Gasteiger partial charge in [0.05, 0.1) is 35.2 Å². The topological polar surface area (TPSA) is 98.5 Å². The summed E-state index contributed by atoms with van der Waals surface area (Å²) in [7, 11) is -3.31. The number of benzene rings is 1. The maximum absolute atomic E-state index is 13.2. The molecule has 0 bridgehead atoms. The molecule has 1 saturated heterocycles. The van der Waals surface area contributed by atoms with Crippen LogP contribution in [0.1, 0.15) is 12.0 Å². The summed E-state index contributed by atoms with van der Waals surface area (Å²) in [6.07, 6.45) is -0.360. The molecule has 0 saturated carbocycles. The Kier molecular flexibility index (Phi) is 4.14. The minimum atomic E-state index is -3.31. The van der Waals surface area contributed by atoms with Gasteiger partial charge < -0.3 is 10.0 Å². The summed E-state index contributed by atoms with van der Waals surface area (Å²) < 4.78 is 36.5. The van der Waals surface area contributed by atoms with E-state index < -0.39 is 27.7 Å². The van der Waals surface area contributed by atoms with Gasteiger partial charge in [-0.25, -0.2) is 12.8 Å². The molecule has 2 rings (SSSR count). The molecule has 1 heterocycles. The van der Waals surface area contributed by atoms with Crippen LogP contribution >= 0.6 is 0 Å². The summed E-state index contributed by atoms with van der Waals surface area (Å²) in [5, 5.41) is 18.0. The molecule has 1 aromatic carbocycles. The predicted molar refractivity (Wildman–Crippen MR) is 73.2 cm³/mol. The summed E-state index contributed by atoms with van der Waals surface area (Å²) in [4.78, 5) is 12.5. The van der Waals surface area contributed by atoms with Crippen LogP contribution in [-0.4, -0.2) is 43.6 Å². The van der Waals surface area contributed by atoms with Gasteiger partial charge in [0.25, 0.3) is 0 Å². The first-order valence-electron chi connectivity index (χ1n) is 6.21. The van der Waals surface area contributed by atoms with E-state index in [0.717, 1.165) is 12.1 Å². The van der Waals surface area contributed by atoms with E-state index in [2.05, 4.69) is 0 Å². The summed E-state index contributed by atoms with van der Waals surface area (Å²) in [5.74, 6) is -2.11. The highest BCUT2D eigenvalue weighted by Crippen LogP contribution is 2.27. The number of aliphatic carboxylic acids is 1. The van der Waals surface area contributed by atoms with Crippen LogP contribution in [0, 0.1) is 17.1 Å². The van der Waals surface area contributed by atoms with Crippen LogP contribution in [0.5, 0.6) is 0 Å². The molecule has 0 aliphatic carbocycles. The van der Waals surface area contributed by atoms with Crippen LogP contribution in [-0.2, 0) is 14.6 Å². The van der Waals surface area contributed by atoms with E-state index in [0.29, 0.717) is 5.69 Å². The molecule has 8 heteroatoms. The number of nitriles is 1. The lowest BCUT2D eigenvalue weighted by atomic mass is 10.1. The fraction of sp³-hybridized carbons (Fsp3) is 0.385. The second-order valence-corrected chi connectivity index (χ2v) is 7.06. The Morgan fingerprint density at radius 3 is 2.86 bits per heavy atom. The minimum Gasteiger partial charge on any atom is -0.481 e. The van der Waals surface area contributed by atoms with E-state index in [9.17, 15) is 17.6 Å². The van der Waals surface area contributed by atoms with Crippen LogP contribution in [0.2, 0.25) is 0 Å². The molecule has 1 unspecified atom stereocenters. The van der Waals surface area contributed by atoms with E-state index in [1.165, 1.54) is 6.07 Å². The molecule has 1 atom stereocenters. The van der Waals surface area contributed by atoms with Crippen molar-refractivity contribution in [3.63, 3.8) is 0 Å². The molecule has 112 valence electrons. The van der Waals surface area contributed by atoms with Crippen molar-refractivity contribution in [1.82, 2.24) is 0 Å². The Balaban J connectivity index is 2.41. The van der Waals surface area contributed by atoms with Gasteiger partial charge in [0.2, 0.25) is 0 Å². The molecule has 0 spiro atoms. The van der Waals surface area contributed by atoms with E-state index in [1.807, 2.05) is 6.07 Å². The van der Waals surface area contributed by atoms with E-state index in [4.69, 9.17) is 10.4 Å². The van der Waals surface area contributed by atoms with Gasteiger partial charge in [0.15, 0.2) is 9.84 Å². The van der Waals surface area contributed by atoms with Crippen LogP contribution in [0.15, 0.2) is 18.2 Å². The Bertz CT molecular complexity index is 711. The number of carboxylic acids is 1. The smallest absolute Gasteiger partial charge is 0.305 e. The van der Waals surface area contributed by atoms with Crippen molar-refractivity contribution >= 4 is 21.5 Å². The van der Waals surface area contributed by atoms with Crippen LogP contribution in [0.25, 0.3) is 0 Å². The highest BCUT2D eigenvalue weighted by Gasteiger charge is 2.33. The van der Waals surface area contributed by atoms with Crippen molar-refractivity contribution in [2.75, 3.05) is 23.0 Å². The third kappa shape index (κ3) is 3.49. The average molecular weight is 312 g/mol. The first-order valence-corrected chi connectivity index (χ1v) is 8.03. The number of sulfone groups is 1. The molecule has 1 aromatic rings.